The molecule has 1 aliphatic rings. The summed E-state index contributed by atoms with van der Waals surface area (Å²) in [6.07, 6.45) is 3.85. The highest BCUT2D eigenvalue weighted by atomic mass is 14.7. The number of nitrogens with zero attached hydrogens (tertiary/aromatic N) is 1. The minimum absolute atomic E-state index is 0.184. The maximum absolute atomic E-state index is 9.04. The van der Waals surface area contributed by atoms with Gasteiger partial charge in [0, 0.05) is 22.8 Å². The Labute approximate surface area is 333 Å². The third-order valence-electron chi connectivity index (χ3n) is 11.8. The monoisotopic (exact) mass is 728 g/mol. The molecule has 0 spiro atoms. The summed E-state index contributed by atoms with van der Waals surface area (Å²) in [7, 11) is 0. The summed E-state index contributed by atoms with van der Waals surface area (Å²) in [5.41, 5.74) is 14.0. The van der Waals surface area contributed by atoms with Crippen molar-refractivity contribution in [1.29, 1.82) is 5.41 Å². The lowest BCUT2D eigenvalue weighted by atomic mass is 9.77. The Morgan fingerprint density at radius 2 is 1.05 bits per heavy atom. The molecule has 0 heterocycles. The molecule has 2 heteroatoms. The third kappa shape index (κ3) is 5.98. The standard InChI is InChI=1S/C55H40N2/c1-55(2)53-45-19-9-8-14-38(45)29-32-50(53)49-22-12-21-48(54(49)55)47-31-30-43(44-18-10-11-20-46(44)47)35-57-52(34-51(56)39-15-4-3-5-16-39)40-26-23-37(24-27-40)42-28-25-36-13-6-7-17-41(36)33-42/h3-35,56H,1-2H3/b52-34-,56-51?,57-35?. The van der Waals surface area contributed by atoms with Gasteiger partial charge in [-0.1, -0.05) is 196 Å². The summed E-state index contributed by atoms with van der Waals surface area (Å²) in [6, 6.07) is 66.7. The zero-order chi connectivity index (χ0) is 38.5. The number of hydrogen-bond donors (Lipinski definition) is 1. The van der Waals surface area contributed by atoms with E-state index in [1.807, 2.05) is 42.6 Å². The third-order valence-corrected chi connectivity index (χ3v) is 11.8. The summed E-state index contributed by atoms with van der Waals surface area (Å²) in [5.74, 6) is 0. The number of nitrogens with one attached hydrogen (secondary N) is 1. The largest absolute Gasteiger partial charge is 0.300 e. The molecule has 0 aliphatic heterocycles. The van der Waals surface area contributed by atoms with Gasteiger partial charge in [0.15, 0.2) is 0 Å². The van der Waals surface area contributed by atoms with Crippen molar-refractivity contribution in [3.05, 3.63) is 222 Å². The molecule has 0 unspecified atom stereocenters. The fourth-order valence-corrected chi connectivity index (χ4v) is 9.01. The van der Waals surface area contributed by atoms with Crippen LogP contribution in [0.2, 0.25) is 0 Å². The second-order valence-corrected chi connectivity index (χ2v) is 15.5. The second kappa shape index (κ2) is 13.8. The number of allylic oxidation sites excluding steroid dienone is 1. The van der Waals surface area contributed by atoms with Crippen molar-refractivity contribution in [1.82, 2.24) is 0 Å². The van der Waals surface area contributed by atoms with Gasteiger partial charge in [-0.2, -0.15) is 0 Å². The van der Waals surface area contributed by atoms with Gasteiger partial charge in [0.1, 0.15) is 0 Å². The molecule has 270 valence electrons. The lowest BCUT2D eigenvalue weighted by Gasteiger charge is -2.26. The summed E-state index contributed by atoms with van der Waals surface area (Å²) in [5, 5.41) is 16.4. The predicted octanol–water partition coefficient (Wildman–Crippen LogP) is 14.3. The van der Waals surface area contributed by atoms with Gasteiger partial charge in [0.2, 0.25) is 0 Å². The quantitative estimate of drug-likeness (QED) is 0.159. The zero-order valence-corrected chi connectivity index (χ0v) is 32.0. The summed E-state index contributed by atoms with van der Waals surface area (Å²) in [6.45, 7) is 4.76. The smallest absolute Gasteiger partial charge is 0.0723 e. The molecule has 0 radical (unpaired) electrons. The first-order valence-electron chi connectivity index (χ1n) is 19.6. The fraction of sp³-hybridized carbons (Fsp3) is 0.0545. The van der Waals surface area contributed by atoms with Crippen LogP contribution in [0.15, 0.2) is 199 Å². The molecule has 57 heavy (non-hydrogen) atoms. The van der Waals surface area contributed by atoms with E-state index in [0.717, 1.165) is 33.3 Å². The van der Waals surface area contributed by atoms with Crippen LogP contribution >= 0.6 is 0 Å². The van der Waals surface area contributed by atoms with Crippen LogP contribution < -0.4 is 0 Å². The Kier molecular flexibility index (Phi) is 8.34. The highest BCUT2D eigenvalue weighted by Crippen LogP contribution is 2.54. The van der Waals surface area contributed by atoms with Crippen LogP contribution in [0.1, 0.15) is 41.7 Å². The van der Waals surface area contributed by atoms with Crippen molar-refractivity contribution >= 4 is 49.9 Å². The molecular weight excluding hydrogens is 689 g/mol. The SMILES string of the molecule is CC1(C)c2c(cccc2-c2ccc(C=N/C(=C\C(=N)c3ccccc3)c3ccc(-c4ccc5ccccc5c4)cc3)c3ccccc23)-c2ccc3ccccc3c21. The van der Waals surface area contributed by atoms with E-state index in [-0.39, 0.29) is 5.41 Å². The molecule has 0 bridgehead atoms. The molecule has 0 saturated carbocycles. The predicted molar refractivity (Wildman–Crippen MR) is 243 cm³/mol. The highest BCUT2D eigenvalue weighted by Gasteiger charge is 2.39. The molecule has 9 aromatic rings. The summed E-state index contributed by atoms with van der Waals surface area (Å²) >= 11 is 0. The zero-order valence-electron chi connectivity index (χ0n) is 32.0. The lowest BCUT2D eigenvalue weighted by molar-refractivity contribution is 0.668. The second-order valence-electron chi connectivity index (χ2n) is 15.5. The molecular formula is C55H40N2. The Morgan fingerprint density at radius 3 is 1.84 bits per heavy atom. The van der Waals surface area contributed by atoms with Crippen LogP contribution in [0.4, 0.5) is 0 Å². The number of benzene rings is 9. The van der Waals surface area contributed by atoms with Gasteiger partial charge in [0.05, 0.1) is 11.4 Å². The van der Waals surface area contributed by atoms with E-state index in [1.165, 1.54) is 65.9 Å². The van der Waals surface area contributed by atoms with E-state index in [2.05, 4.69) is 172 Å². The van der Waals surface area contributed by atoms with E-state index in [0.29, 0.717) is 5.71 Å². The van der Waals surface area contributed by atoms with E-state index in [9.17, 15) is 0 Å². The summed E-state index contributed by atoms with van der Waals surface area (Å²) in [4.78, 5) is 5.16. The van der Waals surface area contributed by atoms with Gasteiger partial charge >= 0.3 is 0 Å². The number of fused-ring (bicyclic) bond motifs is 7. The van der Waals surface area contributed by atoms with Gasteiger partial charge in [-0.05, 0) is 94.5 Å². The number of hydrogen-bond acceptors (Lipinski definition) is 2. The number of rotatable bonds is 7. The topological polar surface area (TPSA) is 36.2 Å². The average molecular weight is 729 g/mol. The molecule has 0 amide bonds. The maximum atomic E-state index is 9.04. The van der Waals surface area contributed by atoms with Gasteiger partial charge in [0.25, 0.3) is 0 Å². The first-order valence-corrected chi connectivity index (χ1v) is 19.6. The van der Waals surface area contributed by atoms with Crippen molar-refractivity contribution in [2.75, 3.05) is 0 Å². The van der Waals surface area contributed by atoms with E-state index in [4.69, 9.17) is 10.4 Å². The summed E-state index contributed by atoms with van der Waals surface area (Å²) < 4.78 is 0. The van der Waals surface area contributed by atoms with Gasteiger partial charge in [-0.3, -0.25) is 4.99 Å². The molecule has 1 aliphatic carbocycles. The average Bonchev–Trinajstić information content (AvgIpc) is 3.51. The van der Waals surface area contributed by atoms with Crippen LogP contribution in [0, 0.1) is 5.41 Å². The molecule has 1 N–H and O–H groups in total. The molecule has 0 aromatic heterocycles. The van der Waals surface area contributed by atoms with Crippen molar-refractivity contribution in [3.63, 3.8) is 0 Å². The first kappa shape index (κ1) is 34.3. The van der Waals surface area contributed by atoms with Crippen LogP contribution in [0.25, 0.3) is 71.4 Å². The van der Waals surface area contributed by atoms with Crippen LogP contribution in [-0.2, 0) is 5.41 Å². The van der Waals surface area contributed by atoms with Gasteiger partial charge in [-0.15, -0.1) is 0 Å². The van der Waals surface area contributed by atoms with Crippen LogP contribution in [0.5, 0.6) is 0 Å². The normalized spacial score (nSPS) is 13.3. The molecule has 9 aromatic carbocycles. The first-order chi connectivity index (χ1) is 27.9. The van der Waals surface area contributed by atoms with Gasteiger partial charge in [-0.25, -0.2) is 0 Å². The Bertz CT molecular complexity index is 3090. The van der Waals surface area contributed by atoms with Crippen molar-refractivity contribution < 1.29 is 0 Å². The molecule has 0 saturated heterocycles. The molecule has 2 nitrogen and oxygen atoms in total. The van der Waals surface area contributed by atoms with E-state index in [1.54, 1.807) is 0 Å². The van der Waals surface area contributed by atoms with Gasteiger partial charge < -0.3 is 5.41 Å². The van der Waals surface area contributed by atoms with Crippen LogP contribution in [-0.4, -0.2) is 11.9 Å². The molecule has 0 atom stereocenters. The van der Waals surface area contributed by atoms with Crippen molar-refractivity contribution in [2.45, 2.75) is 19.3 Å². The van der Waals surface area contributed by atoms with E-state index < -0.39 is 0 Å². The fourth-order valence-electron chi connectivity index (χ4n) is 9.01. The minimum atomic E-state index is -0.184. The van der Waals surface area contributed by atoms with Crippen LogP contribution in [0.3, 0.4) is 0 Å². The van der Waals surface area contributed by atoms with Crippen molar-refractivity contribution in [2.24, 2.45) is 4.99 Å². The van der Waals surface area contributed by atoms with E-state index >= 15 is 0 Å². The van der Waals surface area contributed by atoms with Crippen molar-refractivity contribution in [3.8, 4) is 33.4 Å². The molecule has 0 fully saturated rings. The minimum Gasteiger partial charge on any atom is -0.300 e. The Hall–Kier alpha value is -7.16. The Morgan fingerprint density at radius 1 is 0.456 bits per heavy atom. The maximum Gasteiger partial charge on any atom is 0.0723 e. The lowest BCUT2D eigenvalue weighted by Crippen LogP contribution is -2.17. The molecule has 10 rings (SSSR count). The Balaban J connectivity index is 1.05. The number of aliphatic imine (C=N–C) groups is 1. The highest BCUT2D eigenvalue weighted by molar-refractivity contribution is 6.12.